The molecule has 1 aromatic heterocycles. The number of hydrogen-bond donors (Lipinski definition) is 1. The number of aryl methyl sites for hydroxylation is 1. The molecule has 0 aliphatic rings. The maximum absolute atomic E-state index is 13.5. The largest absolute Gasteiger partial charge is 0.398 e. The van der Waals surface area contributed by atoms with Crippen LogP contribution in [-0.4, -0.2) is 4.98 Å². The Kier molecular flexibility index (Phi) is 2.57. The zero-order chi connectivity index (χ0) is 12.8. The van der Waals surface area contributed by atoms with Crippen LogP contribution in [0.3, 0.4) is 0 Å². The Balaban J connectivity index is 2.78. The van der Waals surface area contributed by atoms with Gasteiger partial charge in [0.2, 0.25) is 0 Å². The van der Waals surface area contributed by atoms with Crippen molar-refractivity contribution >= 4 is 16.6 Å². The third-order valence-electron chi connectivity index (χ3n) is 2.89. The molecule has 0 radical (unpaired) electrons. The summed E-state index contributed by atoms with van der Waals surface area (Å²) in [5.74, 6) is -0.240. The van der Waals surface area contributed by atoms with Gasteiger partial charge in [0.05, 0.1) is 5.52 Å². The fourth-order valence-electron chi connectivity index (χ4n) is 1.77. The minimum Gasteiger partial charge on any atom is -0.398 e. The molecule has 90 valence electrons. The van der Waals surface area contributed by atoms with Crippen molar-refractivity contribution in [2.24, 2.45) is 0 Å². The van der Waals surface area contributed by atoms with Crippen molar-refractivity contribution in [3.05, 3.63) is 35.3 Å². The monoisotopic (exact) mass is 232 g/mol. The Morgan fingerprint density at radius 3 is 2.41 bits per heavy atom. The third-order valence-corrected chi connectivity index (χ3v) is 2.89. The molecular weight excluding hydrogens is 215 g/mol. The smallest absolute Gasteiger partial charge is 0.128 e. The molecule has 0 aliphatic carbocycles. The van der Waals surface area contributed by atoms with E-state index in [0.29, 0.717) is 16.8 Å². The first-order valence-corrected chi connectivity index (χ1v) is 5.66. The van der Waals surface area contributed by atoms with Crippen LogP contribution in [0.2, 0.25) is 0 Å². The van der Waals surface area contributed by atoms with Crippen molar-refractivity contribution in [2.75, 3.05) is 5.73 Å². The van der Waals surface area contributed by atoms with Crippen molar-refractivity contribution in [3.63, 3.8) is 0 Å². The average Bonchev–Trinajstić information content (AvgIpc) is 2.19. The summed E-state index contributed by atoms with van der Waals surface area (Å²) in [6, 6.07) is 5.08. The van der Waals surface area contributed by atoms with Gasteiger partial charge >= 0.3 is 0 Å². The minimum atomic E-state index is -0.240. The summed E-state index contributed by atoms with van der Waals surface area (Å²) in [5.41, 5.74) is 8.67. The van der Waals surface area contributed by atoms with Crippen molar-refractivity contribution in [3.8, 4) is 0 Å². The molecule has 2 aromatic rings. The highest BCUT2D eigenvalue weighted by Crippen LogP contribution is 2.28. The molecule has 0 spiro atoms. The Hall–Kier alpha value is -1.64. The van der Waals surface area contributed by atoms with E-state index in [2.05, 4.69) is 25.8 Å². The van der Waals surface area contributed by atoms with Crippen molar-refractivity contribution < 1.29 is 4.39 Å². The van der Waals surface area contributed by atoms with Gasteiger partial charge in [0.1, 0.15) is 5.82 Å². The highest BCUT2D eigenvalue weighted by Gasteiger charge is 2.17. The van der Waals surface area contributed by atoms with E-state index < -0.39 is 0 Å². The molecule has 0 amide bonds. The summed E-state index contributed by atoms with van der Waals surface area (Å²) in [4.78, 5) is 4.49. The lowest BCUT2D eigenvalue weighted by Crippen LogP contribution is -2.14. The Morgan fingerprint density at radius 2 is 1.82 bits per heavy atom. The van der Waals surface area contributed by atoms with Gasteiger partial charge in [-0.15, -0.1) is 0 Å². The predicted octanol–water partition coefficient (Wildman–Crippen LogP) is 3.56. The standard InChI is InChI=1S/C14H17FN2/c1-8-5-9-11(16)7-13(14(2,3)4)17-12(9)6-10(8)15/h5-7H,1-4H3,(H2,16,17). The van der Waals surface area contributed by atoms with Gasteiger partial charge in [-0.2, -0.15) is 0 Å². The van der Waals surface area contributed by atoms with Gasteiger partial charge in [-0.3, -0.25) is 4.98 Å². The number of aromatic nitrogens is 1. The predicted molar refractivity (Wildman–Crippen MR) is 69.6 cm³/mol. The Bertz CT molecular complexity index is 583. The molecule has 0 saturated carbocycles. The van der Waals surface area contributed by atoms with E-state index in [0.717, 1.165) is 11.1 Å². The van der Waals surface area contributed by atoms with E-state index in [9.17, 15) is 4.39 Å². The van der Waals surface area contributed by atoms with Crippen LogP contribution >= 0.6 is 0 Å². The highest BCUT2D eigenvalue weighted by atomic mass is 19.1. The third kappa shape index (κ3) is 2.09. The molecule has 3 heteroatoms. The summed E-state index contributed by atoms with van der Waals surface area (Å²) in [6.45, 7) is 7.91. The van der Waals surface area contributed by atoms with Gasteiger partial charge < -0.3 is 5.73 Å². The zero-order valence-electron chi connectivity index (χ0n) is 10.6. The summed E-state index contributed by atoms with van der Waals surface area (Å²) >= 11 is 0. The number of hydrogen-bond acceptors (Lipinski definition) is 2. The number of fused-ring (bicyclic) bond motifs is 1. The molecule has 2 rings (SSSR count). The molecule has 2 nitrogen and oxygen atoms in total. The number of anilines is 1. The normalized spacial score (nSPS) is 12.1. The first-order chi connectivity index (χ1) is 7.79. The zero-order valence-corrected chi connectivity index (χ0v) is 10.6. The second kappa shape index (κ2) is 3.69. The van der Waals surface area contributed by atoms with Gasteiger partial charge in [0.25, 0.3) is 0 Å². The molecule has 1 aromatic carbocycles. The Labute approximate surface area is 101 Å². The van der Waals surface area contributed by atoms with Crippen molar-refractivity contribution in [2.45, 2.75) is 33.1 Å². The first-order valence-electron chi connectivity index (χ1n) is 5.66. The molecule has 17 heavy (non-hydrogen) atoms. The van der Waals surface area contributed by atoms with Crippen LogP contribution in [0.25, 0.3) is 10.9 Å². The van der Waals surface area contributed by atoms with Crippen LogP contribution in [0, 0.1) is 12.7 Å². The van der Waals surface area contributed by atoms with E-state index in [4.69, 9.17) is 5.73 Å². The second-order valence-corrected chi connectivity index (χ2v) is 5.47. The van der Waals surface area contributed by atoms with Gasteiger partial charge in [0.15, 0.2) is 0 Å². The number of rotatable bonds is 0. The Morgan fingerprint density at radius 1 is 1.18 bits per heavy atom. The number of halogens is 1. The first kappa shape index (κ1) is 11.8. The molecule has 0 unspecified atom stereocenters. The van der Waals surface area contributed by atoms with Crippen molar-refractivity contribution in [1.29, 1.82) is 0 Å². The quantitative estimate of drug-likeness (QED) is 0.754. The lowest BCUT2D eigenvalue weighted by atomic mass is 9.90. The molecular formula is C14H17FN2. The summed E-state index contributed by atoms with van der Waals surface area (Å²) in [7, 11) is 0. The van der Waals surface area contributed by atoms with Crippen LogP contribution in [0.1, 0.15) is 32.0 Å². The summed E-state index contributed by atoms with van der Waals surface area (Å²) in [5, 5.41) is 0.817. The number of benzene rings is 1. The van der Waals surface area contributed by atoms with Gasteiger partial charge in [-0.1, -0.05) is 20.8 Å². The molecule has 0 atom stereocenters. The van der Waals surface area contributed by atoms with Crippen LogP contribution in [0.5, 0.6) is 0 Å². The molecule has 0 aliphatic heterocycles. The topological polar surface area (TPSA) is 38.9 Å². The average molecular weight is 232 g/mol. The minimum absolute atomic E-state index is 0.0936. The fraction of sp³-hybridized carbons (Fsp3) is 0.357. The molecule has 0 bridgehead atoms. The summed E-state index contributed by atoms with van der Waals surface area (Å²) < 4.78 is 13.5. The molecule has 0 saturated heterocycles. The number of nitrogens with two attached hydrogens (primary N) is 1. The fourth-order valence-corrected chi connectivity index (χ4v) is 1.77. The van der Waals surface area contributed by atoms with Crippen LogP contribution in [-0.2, 0) is 5.41 Å². The molecule has 1 heterocycles. The highest BCUT2D eigenvalue weighted by molar-refractivity contribution is 5.91. The number of pyridine rings is 1. The maximum atomic E-state index is 13.5. The lowest BCUT2D eigenvalue weighted by Gasteiger charge is -2.19. The van der Waals surface area contributed by atoms with Crippen molar-refractivity contribution in [1.82, 2.24) is 4.98 Å². The lowest BCUT2D eigenvalue weighted by molar-refractivity contribution is 0.571. The number of nitrogens with zero attached hydrogens (tertiary/aromatic N) is 1. The van der Waals surface area contributed by atoms with Crippen LogP contribution in [0.15, 0.2) is 18.2 Å². The van der Waals surface area contributed by atoms with E-state index in [1.807, 2.05) is 6.07 Å². The van der Waals surface area contributed by atoms with E-state index in [1.54, 1.807) is 13.0 Å². The number of nitrogen functional groups attached to an aromatic ring is 1. The van der Waals surface area contributed by atoms with Crippen LogP contribution < -0.4 is 5.73 Å². The van der Waals surface area contributed by atoms with E-state index in [1.165, 1.54) is 6.07 Å². The maximum Gasteiger partial charge on any atom is 0.128 e. The SMILES string of the molecule is Cc1cc2c(N)cc(C(C)(C)C)nc2cc1F. The molecule has 2 N–H and O–H groups in total. The van der Waals surface area contributed by atoms with Crippen LogP contribution in [0.4, 0.5) is 10.1 Å². The summed E-state index contributed by atoms with van der Waals surface area (Å²) in [6.07, 6.45) is 0. The van der Waals surface area contributed by atoms with Gasteiger partial charge in [-0.25, -0.2) is 4.39 Å². The van der Waals surface area contributed by atoms with E-state index in [-0.39, 0.29) is 11.2 Å². The van der Waals surface area contributed by atoms with Gasteiger partial charge in [-0.05, 0) is 24.6 Å². The van der Waals surface area contributed by atoms with Gasteiger partial charge in [0, 0.05) is 28.2 Å². The molecule has 0 fully saturated rings. The second-order valence-electron chi connectivity index (χ2n) is 5.47. The van der Waals surface area contributed by atoms with E-state index >= 15 is 0 Å².